The van der Waals surface area contributed by atoms with E-state index in [-0.39, 0.29) is 5.97 Å². The summed E-state index contributed by atoms with van der Waals surface area (Å²) in [6.45, 7) is 6.23. The Morgan fingerprint density at radius 3 is 2.73 bits per heavy atom. The fourth-order valence-electron chi connectivity index (χ4n) is 0.879. The molecule has 0 aromatic heterocycles. The Bertz CT molecular complexity index is 138. The van der Waals surface area contributed by atoms with E-state index in [0.29, 0.717) is 18.9 Å². The van der Waals surface area contributed by atoms with Gasteiger partial charge in [-0.25, -0.2) is 0 Å². The second-order valence-electron chi connectivity index (χ2n) is 2.51. The smallest absolute Gasteiger partial charge is 0.306 e. The molecule has 0 rings (SSSR count). The minimum atomic E-state index is -0.113. The van der Waals surface area contributed by atoms with Crippen molar-refractivity contribution in [1.82, 2.24) is 0 Å². The molecule has 0 saturated heterocycles. The summed E-state index contributed by atoms with van der Waals surface area (Å²) in [5, 5.41) is 0. The lowest BCUT2D eigenvalue weighted by Crippen LogP contribution is -2.07. The van der Waals surface area contributed by atoms with E-state index in [1.807, 2.05) is 32.9 Å². The van der Waals surface area contributed by atoms with E-state index in [1.165, 1.54) is 0 Å². The Hall–Kier alpha value is -0.790. The summed E-state index contributed by atoms with van der Waals surface area (Å²) in [5.41, 5.74) is 0. The van der Waals surface area contributed by atoms with Gasteiger partial charge in [-0.1, -0.05) is 19.1 Å². The van der Waals surface area contributed by atoms with Gasteiger partial charge in [0.1, 0.15) is 0 Å². The molecule has 0 fully saturated rings. The van der Waals surface area contributed by atoms with Crippen LogP contribution in [0.25, 0.3) is 0 Å². The second kappa shape index (κ2) is 5.96. The van der Waals surface area contributed by atoms with Gasteiger partial charge in [0.05, 0.1) is 13.0 Å². The summed E-state index contributed by atoms with van der Waals surface area (Å²) in [6, 6.07) is 0. The maximum absolute atomic E-state index is 10.9. The van der Waals surface area contributed by atoms with Crippen molar-refractivity contribution in [3.05, 3.63) is 12.2 Å². The zero-order valence-electron chi connectivity index (χ0n) is 7.46. The Balaban J connectivity index is 3.57. The second-order valence-corrected chi connectivity index (χ2v) is 2.51. The molecule has 0 spiro atoms. The quantitative estimate of drug-likeness (QED) is 0.460. The molecule has 11 heavy (non-hydrogen) atoms. The lowest BCUT2D eigenvalue weighted by atomic mass is 10.1. The first-order valence-electron chi connectivity index (χ1n) is 3.99. The molecular weight excluding hydrogens is 140 g/mol. The predicted octanol–water partition coefficient (Wildman–Crippen LogP) is 2.15. The molecule has 2 nitrogen and oxygen atoms in total. The van der Waals surface area contributed by atoms with Gasteiger partial charge >= 0.3 is 5.97 Å². The van der Waals surface area contributed by atoms with E-state index < -0.39 is 0 Å². The highest BCUT2D eigenvalue weighted by Crippen LogP contribution is 2.04. The topological polar surface area (TPSA) is 26.3 Å². The van der Waals surface area contributed by atoms with Crippen LogP contribution in [0.4, 0.5) is 0 Å². The van der Waals surface area contributed by atoms with Crippen LogP contribution in [0.15, 0.2) is 12.2 Å². The van der Waals surface area contributed by atoms with Crippen LogP contribution in [0, 0.1) is 5.92 Å². The summed E-state index contributed by atoms with van der Waals surface area (Å²) >= 11 is 0. The van der Waals surface area contributed by atoms with E-state index in [0.717, 1.165) is 0 Å². The molecule has 1 atom stereocenters. The molecule has 0 heterocycles. The van der Waals surface area contributed by atoms with Gasteiger partial charge in [-0.3, -0.25) is 4.79 Å². The molecule has 0 saturated carbocycles. The van der Waals surface area contributed by atoms with Gasteiger partial charge in [0, 0.05) is 0 Å². The normalized spacial score (nSPS) is 13.4. The predicted molar refractivity (Wildman–Crippen MR) is 45.2 cm³/mol. The van der Waals surface area contributed by atoms with Crippen molar-refractivity contribution >= 4 is 5.97 Å². The van der Waals surface area contributed by atoms with Crippen LogP contribution < -0.4 is 0 Å². The van der Waals surface area contributed by atoms with E-state index in [4.69, 9.17) is 4.74 Å². The third kappa shape index (κ3) is 5.64. The van der Waals surface area contributed by atoms with Crippen LogP contribution in [0.3, 0.4) is 0 Å². The Labute approximate surface area is 68.2 Å². The third-order valence-corrected chi connectivity index (χ3v) is 1.31. The van der Waals surface area contributed by atoms with Crippen molar-refractivity contribution in [2.45, 2.75) is 27.2 Å². The minimum absolute atomic E-state index is 0.113. The number of hydrogen-bond acceptors (Lipinski definition) is 2. The fraction of sp³-hybridized carbons (Fsp3) is 0.667. The summed E-state index contributed by atoms with van der Waals surface area (Å²) in [5.74, 6) is 0.178. The number of allylic oxidation sites excluding steroid dienone is 2. The number of ether oxygens (including phenoxy) is 1. The highest BCUT2D eigenvalue weighted by molar-refractivity contribution is 5.69. The lowest BCUT2D eigenvalue weighted by molar-refractivity contribution is -0.143. The lowest BCUT2D eigenvalue weighted by Gasteiger charge is -2.04. The first-order valence-corrected chi connectivity index (χ1v) is 3.99. The van der Waals surface area contributed by atoms with Crippen molar-refractivity contribution in [3.8, 4) is 0 Å². The van der Waals surface area contributed by atoms with Crippen molar-refractivity contribution < 1.29 is 9.53 Å². The van der Waals surface area contributed by atoms with Crippen LogP contribution in [0.1, 0.15) is 27.2 Å². The standard InChI is InChI=1S/C9H16O2/c1-4-6-8(3)7-9(10)11-5-2/h4,6,8H,5,7H2,1-3H3/t8-/m1/s1. The molecular formula is C9H16O2. The maximum Gasteiger partial charge on any atom is 0.306 e. The van der Waals surface area contributed by atoms with Gasteiger partial charge < -0.3 is 4.74 Å². The van der Waals surface area contributed by atoms with E-state index in [1.54, 1.807) is 0 Å². The molecule has 0 aromatic rings. The Kier molecular flexibility index (Phi) is 5.53. The number of esters is 1. The third-order valence-electron chi connectivity index (χ3n) is 1.31. The summed E-state index contributed by atoms with van der Waals surface area (Å²) in [4.78, 5) is 10.9. The number of rotatable bonds is 4. The number of carbonyl (C=O) groups is 1. The van der Waals surface area contributed by atoms with Crippen molar-refractivity contribution in [2.24, 2.45) is 5.92 Å². The van der Waals surface area contributed by atoms with Gasteiger partial charge in [-0.2, -0.15) is 0 Å². The molecule has 64 valence electrons. The van der Waals surface area contributed by atoms with Crippen molar-refractivity contribution in [1.29, 1.82) is 0 Å². The van der Waals surface area contributed by atoms with Crippen LogP contribution in [0.5, 0.6) is 0 Å². The molecule has 0 radical (unpaired) electrons. The van der Waals surface area contributed by atoms with Crippen LogP contribution in [-0.2, 0) is 9.53 Å². The van der Waals surface area contributed by atoms with E-state index >= 15 is 0 Å². The number of carbonyl (C=O) groups excluding carboxylic acids is 1. The first-order chi connectivity index (χ1) is 5.20. The maximum atomic E-state index is 10.9. The van der Waals surface area contributed by atoms with Crippen LogP contribution in [-0.4, -0.2) is 12.6 Å². The molecule has 0 bridgehead atoms. The van der Waals surface area contributed by atoms with E-state index in [9.17, 15) is 4.79 Å². The van der Waals surface area contributed by atoms with Gasteiger partial charge in [0.25, 0.3) is 0 Å². The highest BCUT2D eigenvalue weighted by atomic mass is 16.5. The zero-order valence-corrected chi connectivity index (χ0v) is 7.46. The molecule has 2 heteroatoms. The van der Waals surface area contributed by atoms with Crippen LogP contribution >= 0.6 is 0 Å². The van der Waals surface area contributed by atoms with E-state index in [2.05, 4.69) is 0 Å². The summed E-state index contributed by atoms with van der Waals surface area (Å²) in [7, 11) is 0. The molecule has 0 amide bonds. The number of hydrogen-bond donors (Lipinski definition) is 0. The summed E-state index contributed by atoms with van der Waals surface area (Å²) in [6.07, 6.45) is 4.43. The molecule has 0 aliphatic carbocycles. The fourth-order valence-corrected chi connectivity index (χ4v) is 0.879. The summed E-state index contributed by atoms with van der Waals surface area (Å²) < 4.78 is 4.79. The molecule has 0 unspecified atom stereocenters. The average molecular weight is 156 g/mol. The first kappa shape index (κ1) is 10.2. The van der Waals surface area contributed by atoms with Gasteiger partial charge in [0.15, 0.2) is 0 Å². The SMILES string of the molecule is CC=C[C@@H](C)CC(=O)OCC. The molecule has 0 aliphatic rings. The molecule has 0 aromatic carbocycles. The van der Waals surface area contributed by atoms with Crippen molar-refractivity contribution in [3.63, 3.8) is 0 Å². The van der Waals surface area contributed by atoms with Gasteiger partial charge in [0.2, 0.25) is 0 Å². The Morgan fingerprint density at radius 2 is 2.27 bits per heavy atom. The van der Waals surface area contributed by atoms with Crippen LogP contribution in [0.2, 0.25) is 0 Å². The average Bonchev–Trinajstić information content (AvgIpc) is 1.87. The van der Waals surface area contributed by atoms with Gasteiger partial charge in [-0.15, -0.1) is 0 Å². The highest BCUT2D eigenvalue weighted by Gasteiger charge is 2.05. The van der Waals surface area contributed by atoms with Gasteiger partial charge in [-0.05, 0) is 19.8 Å². The molecule has 0 N–H and O–H groups in total. The monoisotopic (exact) mass is 156 g/mol. The van der Waals surface area contributed by atoms with Crippen molar-refractivity contribution in [2.75, 3.05) is 6.61 Å². The largest absolute Gasteiger partial charge is 0.466 e. The minimum Gasteiger partial charge on any atom is -0.466 e. The zero-order chi connectivity index (χ0) is 8.69. The molecule has 0 aliphatic heterocycles. The Morgan fingerprint density at radius 1 is 1.64 bits per heavy atom.